The summed E-state index contributed by atoms with van der Waals surface area (Å²) >= 11 is 0. The third-order valence-electron chi connectivity index (χ3n) is 1.13. The van der Waals surface area contributed by atoms with Crippen LogP contribution in [0.3, 0.4) is 0 Å². The first kappa shape index (κ1) is 12.8. The van der Waals surface area contributed by atoms with Crippen molar-refractivity contribution in [3.63, 3.8) is 0 Å². The topological polar surface area (TPSA) is 37.3 Å². The van der Waals surface area contributed by atoms with Gasteiger partial charge in [-0.2, -0.15) is 0 Å². The molecular formula is C7H14O2Pb. The fraction of sp³-hybridized carbons (Fsp3) is 0.571. The molecule has 0 aliphatic rings. The van der Waals surface area contributed by atoms with Crippen molar-refractivity contribution in [2.45, 2.75) is 26.2 Å². The third kappa shape index (κ3) is 6.26. The Morgan fingerprint density at radius 2 is 2.10 bits per heavy atom. The number of unbranched alkanes of at least 4 members (excludes halogenated alkanes) is 1. The van der Waals surface area contributed by atoms with E-state index in [1.807, 2.05) is 6.92 Å². The van der Waals surface area contributed by atoms with Gasteiger partial charge in [-0.1, -0.05) is 19.9 Å². The second-order valence-electron chi connectivity index (χ2n) is 2.01. The van der Waals surface area contributed by atoms with Gasteiger partial charge in [-0.3, -0.25) is 0 Å². The summed E-state index contributed by atoms with van der Waals surface area (Å²) in [5, 5.41) is 8.31. The molecule has 0 saturated heterocycles. The Kier molecular flexibility index (Phi) is 9.25. The Labute approximate surface area is 81.5 Å². The molecule has 1 N–H and O–H groups in total. The van der Waals surface area contributed by atoms with Crippen molar-refractivity contribution in [1.29, 1.82) is 0 Å². The van der Waals surface area contributed by atoms with Crippen LogP contribution in [0, 0.1) is 0 Å². The van der Waals surface area contributed by atoms with Crippen molar-refractivity contribution in [1.82, 2.24) is 0 Å². The molecule has 0 unspecified atom stereocenters. The fourth-order valence-electron chi connectivity index (χ4n) is 0.497. The van der Waals surface area contributed by atoms with E-state index < -0.39 is 5.97 Å². The van der Waals surface area contributed by atoms with Crippen molar-refractivity contribution >= 4 is 33.3 Å². The van der Waals surface area contributed by atoms with Crippen LogP contribution in [0.1, 0.15) is 26.2 Å². The van der Waals surface area contributed by atoms with Crippen LogP contribution in [0.25, 0.3) is 0 Å². The zero-order valence-electron chi connectivity index (χ0n) is 6.39. The van der Waals surface area contributed by atoms with Gasteiger partial charge in [0.05, 0.1) is 0 Å². The molecule has 0 bridgehead atoms. The van der Waals surface area contributed by atoms with Gasteiger partial charge in [0, 0.05) is 5.57 Å². The molecule has 0 aliphatic heterocycles. The minimum absolute atomic E-state index is 0. The zero-order valence-corrected chi connectivity index (χ0v) is 11.9. The monoisotopic (exact) mass is 338 g/mol. The van der Waals surface area contributed by atoms with E-state index in [0.717, 1.165) is 12.8 Å². The molecule has 58 valence electrons. The van der Waals surface area contributed by atoms with Gasteiger partial charge in [-0.25, -0.2) is 4.79 Å². The van der Waals surface area contributed by atoms with E-state index in [0.29, 0.717) is 12.0 Å². The maximum absolute atomic E-state index is 10.1. The van der Waals surface area contributed by atoms with E-state index in [4.69, 9.17) is 5.11 Å². The van der Waals surface area contributed by atoms with Gasteiger partial charge in [-0.05, 0) is 12.8 Å². The molecule has 0 atom stereocenters. The van der Waals surface area contributed by atoms with Gasteiger partial charge in [0.2, 0.25) is 0 Å². The van der Waals surface area contributed by atoms with Crippen molar-refractivity contribution in [2.75, 3.05) is 0 Å². The van der Waals surface area contributed by atoms with Crippen LogP contribution in [0.15, 0.2) is 12.2 Å². The minimum atomic E-state index is -0.872. The first-order valence-corrected chi connectivity index (χ1v) is 3.09. The molecule has 0 amide bonds. The summed E-state index contributed by atoms with van der Waals surface area (Å²) in [4.78, 5) is 10.1. The Morgan fingerprint density at radius 3 is 2.40 bits per heavy atom. The number of carboxylic acids is 1. The summed E-state index contributed by atoms with van der Waals surface area (Å²) in [6, 6.07) is 0. The Balaban J connectivity index is 0. The van der Waals surface area contributed by atoms with Crippen LogP contribution < -0.4 is 0 Å². The summed E-state index contributed by atoms with van der Waals surface area (Å²) in [5.41, 5.74) is 0.317. The predicted octanol–water partition coefficient (Wildman–Crippen LogP) is 0.901. The number of carboxylic acid groups (broad SMARTS) is 1. The standard InChI is InChI=1S/C7H12O2.Pb.2H/c1-3-4-5-6(2)7(8)9;;;/h2-5H2,1H3,(H,8,9);;;. The molecule has 0 aromatic carbocycles. The molecule has 0 heterocycles. The van der Waals surface area contributed by atoms with E-state index in [2.05, 4.69) is 6.58 Å². The second-order valence-corrected chi connectivity index (χ2v) is 2.01. The number of rotatable bonds is 4. The van der Waals surface area contributed by atoms with E-state index in [1.54, 1.807) is 0 Å². The van der Waals surface area contributed by atoms with E-state index >= 15 is 0 Å². The molecule has 0 fully saturated rings. The van der Waals surface area contributed by atoms with Crippen molar-refractivity contribution in [3.05, 3.63) is 12.2 Å². The molecule has 0 aliphatic carbocycles. The van der Waals surface area contributed by atoms with E-state index in [9.17, 15) is 4.79 Å². The molecule has 0 saturated carbocycles. The van der Waals surface area contributed by atoms with Gasteiger partial charge in [0.1, 0.15) is 0 Å². The van der Waals surface area contributed by atoms with Gasteiger partial charge in [0.15, 0.2) is 0 Å². The van der Waals surface area contributed by atoms with Crippen LogP contribution in [0.4, 0.5) is 0 Å². The first-order chi connectivity index (χ1) is 4.18. The van der Waals surface area contributed by atoms with Crippen LogP contribution in [0.2, 0.25) is 0 Å². The predicted molar refractivity (Wildman–Crippen MR) is 44.8 cm³/mol. The average molecular weight is 337 g/mol. The fourth-order valence-corrected chi connectivity index (χ4v) is 0.497. The molecule has 3 heteroatoms. The van der Waals surface area contributed by atoms with E-state index in [-0.39, 0.29) is 27.3 Å². The quantitative estimate of drug-likeness (QED) is 0.611. The molecule has 0 aromatic rings. The molecule has 2 nitrogen and oxygen atoms in total. The maximum atomic E-state index is 10.1. The Hall–Kier alpha value is 0.132. The van der Waals surface area contributed by atoms with Gasteiger partial charge in [0.25, 0.3) is 0 Å². The Bertz CT molecular complexity index is 121. The third-order valence-corrected chi connectivity index (χ3v) is 1.13. The van der Waals surface area contributed by atoms with Gasteiger partial charge >= 0.3 is 33.3 Å². The van der Waals surface area contributed by atoms with Crippen LogP contribution >= 0.6 is 0 Å². The van der Waals surface area contributed by atoms with Crippen LogP contribution in [-0.4, -0.2) is 38.4 Å². The molecule has 2 radical (unpaired) electrons. The van der Waals surface area contributed by atoms with Crippen LogP contribution in [-0.2, 0) is 4.79 Å². The SMILES string of the molecule is C=C(CCCC)C(=O)O.[PbH2]. The number of carbonyl (C=O) groups is 1. The van der Waals surface area contributed by atoms with Crippen molar-refractivity contribution in [2.24, 2.45) is 0 Å². The van der Waals surface area contributed by atoms with E-state index in [1.165, 1.54) is 0 Å². The van der Waals surface area contributed by atoms with Crippen molar-refractivity contribution in [3.8, 4) is 0 Å². The molecule has 0 rings (SSSR count). The number of hydrogen-bond donors (Lipinski definition) is 1. The van der Waals surface area contributed by atoms with Crippen LogP contribution in [0.5, 0.6) is 0 Å². The zero-order chi connectivity index (χ0) is 7.28. The van der Waals surface area contributed by atoms with Gasteiger partial charge < -0.3 is 5.11 Å². The molecule has 10 heavy (non-hydrogen) atoms. The summed E-state index contributed by atoms with van der Waals surface area (Å²) in [7, 11) is 0. The van der Waals surface area contributed by atoms with Gasteiger partial charge in [-0.15, -0.1) is 0 Å². The molecule has 0 spiro atoms. The molecular weight excluding hydrogens is 323 g/mol. The summed E-state index contributed by atoms with van der Waals surface area (Å²) in [6.07, 6.45) is 2.56. The average Bonchev–Trinajstić information content (AvgIpc) is 1.82. The normalized spacial score (nSPS) is 8.10. The number of aliphatic carboxylic acids is 1. The first-order valence-electron chi connectivity index (χ1n) is 3.09. The molecule has 0 aromatic heterocycles. The second kappa shape index (κ2) is 7.24. The Morgan fingerprint density at radius 1 is 1.60 bits per heavy atom. The number of hydrogen-bond acceptors (Lipinski definition) is 1. The van der Waals surface area contributed by atoms with Crippen molar-refractivity contribution < 1.29 is 9.90 Å². The summed E-state index contributed by atoms with van der Waals surface area (Å²) < 4.78 is 0. The summed E-state index contributed by atoms with van der Waals surface area (Å²) in [6.45, 7) is 5.42. The summed E-state index contributed by atoms with van der Waals surface area (Å²) in [5.74, 6) is -0.872.